The number of carbonyl (C=O) groups excluding carboxylic acids is 1. The van der Waals surface area contributed by atoms with Crippen LogP contribution in [0.5, 0.6) is 0 Å². The number of aliphatic hydroxyl groups is 1. The van der Waals surface area contributed by atoms with Gasteiger partial charge >= 0.3 is 5.97 Å². The monoisotopic (exact) mass is 297 g/mol. The fourth-order valence-electron chi connectivity index (χ4n) is 3.75. The molecule has 0 aromatic carbocycles. The van der Waals surface area contributed by atoms with Crippen molar-refractivity contribution < 1.29 is 14.6 Å². The maximum Gasteiger partial charge on any atom is 0.308 e. The van der Waals surface area contributed by atoms with E-state index in [2.05, 4.69) is 5.32 Å². The molecule has 0 saturated heterocycles. The van der Waals surface area contributed by atoms with Crippen LogP contribution in [0.3, 0.4) is 0 Å². The molecule has 0 bridgehead atoms. The van der Waals surface area contributed by atoms with Crippen molar-refractivity contribution >= 4 is 5.97 Å². The minimum Gasteiger partial charge on any atom is -0.466 e. The Bertz CT molecular complexity index is 318. The fourth-order valence-corrected chi connectivity index (χ4v) is 3.75. The number of esters is 1. The van der Waals surface area contributed by atoms with E-state index in [-0.39, 0.29) is 11.9 Å². The van der Waals surface area contributed by atoms with Crippen LogP contribution in [0.15, 0.2) is 0 Å². The van der Waals surface area contributed by atoms with Crippen molar-refractivity contribution in [1.82, 2.24) is 5.32 Å². The largest absolute Gasteiger partial charge is 0.466 e. The van der Waals surface area contributed by atoms with Gasteiger partial charge in [0.2, 0.25) is 0 Å². The molecule has 2 aliphatic carbocycles. The second-order valence-electron chi connectivity index (χ2n) is 6.87. The van der Waals surface area contributed by atoms with Gasteiger partial charge in [0.15, 0.2) is 0 Å². The SMILES string of the molecule is CCOC(=O)C1CCC(O)(CNCCC2CCCC2)CC1. The van der Waals surface area contributed by atoms with Gasteiger partial charge in [-0.3, -0.25) is 4.79 Å². The molecule has 0 aromatic heterocycles. The number of hydrogen-bond acceptors (Lipinski definition) is 4. The summed E-state index contributed by atoms with van der Waals surface area (Å²) in [5.41, 5.74) is -0.626. The molecule has 4 heteroatoms. The predicted molar refractivity (Wildman–Crippen MR) is 83.0 cm³/mol. The van der Waals surface area contributed by atoms with E-state index in [1.54, 1.807) is 0 Å². The summed E-state index contributed by atoms with van der Waals surface area (Å²) in [7, 11) is 0. The molecular formula is C17H31NO3. The van der Waals surface area contributed by atoms with Crippen molar-refractivity contribution in [1.29, 1.82) is 0 Å². The van der Waals surface area contributed by atoms with Crippen molar-refractivity contribution in [3.05, 3.63) is 0 Å². The summed E-state index contributed by atoms with van der Waals surface area (Å²) < 4.78 is 5.07. The van der Waals surface area contributed by atoms with Crippen LogP contribution in [-0.4, -0.2) is 36.4 Å². The Balaban J connectivity index is 1.61. The highest BCUT2D eigenvalue weighted by molar-refractivity contribution is 5.72. The molecule has 21 heavy (non-hydrogen) atoms. The van der Waals surface area contributed by atoms with Gasteiger partial charge < -0.3 is 15.2 Å². The van der Waals surface area contributed by atoms with Crippen LogP contribution in [0.2, 0.25) is 0 Å². The molecule has 2 N–H and O–H groups in total. The Morgan fingerprint density at radius 3 is 2.52 bits per heavy atom. The maximum atomic E-state index is 11.7. The minimum absolute atomic E-state index is 0.0105. The topological polar surface area (TPSA) is 58.6 Å². The lowest BCUT2D eigenvalue weighted by molar-refractivity contribution is -0.151. The third-order valence-corrected chi connectivity index (χ3v) is 5.19. The molecule has 0 spiro atoms. The van der Waals surface area contributed by atoms with Gasteiger partial charge in [0, 0.05) is 6.54 Å². The summed E-state index contributed by atoms with van der Waals surface area (Å²) in [6.07, 6.45) is 9.69. The number of ether oxygens (including phenoxy) is 1. The molecule has 2 fully saturated rings. The van der Waals surface area contributed by atoms with Gasteiger partial charge in [-0.15, -0.1) is 0 Å². The van der Waals surface area contributed by atoms with Gasteiger partial charge in [-0.1, -0.05) is 25.7 Å². The van der Waals surface area contributed by atoms with Gasteiger partial charge in [0.1, 0.15) is 0 Å². The molecule has 0 heterocycles. The van der Waals surface area contributed by atoms with Crippen LogP contribution < -0.4 is 5.32 Å². The van der Waals surface area contributed by atoms with Gasteiger partial charge in [-0.25, -0.2) is 0 Å². The zero-order chi connectivity index (χ0) is 15.1. The smallest absolute Gasteiger partial charge is 0.308 e. The molecule has 0 aromatic rings. The maximum absolute atomic E-state index is 11.7. The number of carbonyl (C=O) groups is 1. The highest BCUT2D eigenvalue weighted by atomic mass is 16.5. The third-order valence-electron chi connectivity index (χ3n) is 5.19. The molecule has 0 aliphatic heterocycles. The van der Waals surface area contributed by atoms with Crippen molar-refractivity contribution in [2.75, 3.05) is 19.7 Å². The van der Waals surface area contributed by atoms with E-state index in [1.807, 2.05) is 6.92 Å². The number of rotatable bonds is 7. The molecule has 2 aliphatic rings. The van der Waals surface area contributed by atoms with Gasteiger partial charge in [0.25, 0.3) is 0 Å². The molecule has 2 saturated carbocycles. The first-order valence-corrected chi connectivity index (χ1v) is 8.73. The molecule has 0 unspecified atom stereocenters. The fraction of sp³-hybridized carbons (Fsp3) is 0.941. The highest BCUT2D eigenvalue weighted by Gasteiger charge is 2.36. The summed E-state index contributed by atoms with van der Waals surface area (Å²) in [5.74, 6) is 0.796. The van der Waals surface area contributed by atoms with Crippen LogP contribution in [0.25, 0.3) is 0 Å². The third kappa shape index (κ3) is 5.26. The lowest BCUT2D eigenvalue weighted by atomic mass is 9.78. The number of hydrogen-bond donors (Lipinski definition) is 2. The standard InChI is InChI=1S/C17H31NO3/c1-2-21-16(19)15-7-10-17(20,11-8-15)13-18-12-9-14-5-3-4-6-14/h14-15,18,20H,2-13H2,1H3. The first-order chi connectivity index (χ1) is 10.1. The highest BCUT2D eigenvalue weighted by Crippen LogP contribution is 2.32. The Morgan fingerprint density at radius 1 is 1.24 bits per heavy atom. The second-order valence-corrected chi connectivity index (χ2v) is 6.87. The normalized spacial score (nSPS) is 30.5. The first-order valence-electron chi connectivity index (χ1n) is 8.73. The molecule has 2 rings (SSSR count). The molecule has 0 atom stereocenters. The van der Waals surface area contributed by atoms with Crippen molar-refractivity contribution in [3.63, 3.8) is 0 Å². The van der Waals surface area contributed by atoms with Crippen molar-refractivity contribution in [3.8, 4) is 0 Å². The van der Waals surface area contributed by atoms with Gasteiger partial charge in [0.05, 0.1) is 18.1 Å². The van der Waals surface area contributed by atoms with Crippen molar-refractivity contribution in [2.45, 2.75) is 70.3 Å². The molecular weight excluding hydrogens is 266 g/mol. The molecule has 122 valence electrons. The zero-order valence-electron chi connectivity index (χ0n) is 13.4. The average Bonchev–Trinajstić information content (AvgIpc) is 2.98. The Morgan fingerprint density at radius 2 is 1.90 bits per heavy atom. The Hall–Kier alpha value is -0.610. The lowest BCUT2D eigenvalue weighted by Gasteiger charge is -2.35. The van der Waals surface area contributed by atoms with Crippen LogP contribution in [0.1, 0.15) is 64.7 Å². The Labute approximate surface area is 128 Å². The van der Waals surface area contributed by atoms with E-state index in [0.717, 1.165) is 25.3 Å². The molecule has 0 amide bonds. The van der Waals surface area contributed by atoms with E-state index in [0.29, 0.717) is 26.0 Å². The van der Waals surface area contributed by atoms with E-state index >= 15 is 0 Å². The quantitative estimate of drug-likeness (QED) is 0.560. The van der Waals surface area contributed by atoms with Gasteiger partial charge in [-0.05, 0) is 51.5 Å². The first kappa shape index (κ1) is 16.8. The molecule has 0 radical (unpaired) electrons. The lowest BCUT2D eigenvalue weighted by Crippen LogP contribution is -2.45. The summed E-state index contributed by atoms with van der Waals surface area (Å²) >= 11 is 0. The summed E-state index contributed by atoms with van der Waals surface area (Å²) in [6, 6.07) is 0. The van der Waals surface area contributed by atoms with Gasteiger partial charge in [-0.2, -0.15) is 0 Å². The van der Waals surface area contributed by atoms with E-state index in [1.165, 1.54) is 32.1 Å². The van der Waals surface area contributed by atoms with E-state index < -0.39 is 5.60 Å². The Kier molecular flexibility index (Phi) is 6.49. The summed E-state index contributed by atoms with van der Waals surface area (Å²) in [4.78, 5) is 11.7. The van der Waals surface area contributed by atoms with Crippen LogP contribution >= 0.6 is 0 Å². The van der Waals surface area contributed by atoms with Crippen LogP contribution in [0, 0.1) is 11.8 Å². The van der Waals surface area contributed by atoms with E-state index in [4.69, 9.17) is 4.74 Å². The average molecular weight is 297 g/mol. The predicted octanol–water partition coefficient (Wildman–Crippen LogP) is 2.64. The summed E-state index contributed by atoms with van der Waals surface area (Å²) in [6.45, 7) is 3.96. The van der Waals surface area contributed by atoms with Crippen LogP contribution in [0.4, 0.5) is 0 Å². The zero-order valence-corrected chi connectivity index (χ0v) is 13.4. The summed E-state index contributed by atoms with van der Waals surface area (Å²) in [5, 5.41) is 14.0. The van der Waals surface area contributed by atoms with E-state index in [9.17, 15) is 9.90 Å². The number of nitrogens with one attached hydrogen (secondary N) is 1. The molecule has 4 nitrogen and oxygen atoms in total. The minimum atomic E-state index is -0.626. The van der Waals surface area contributed by atoms with Crippen LogP contribution in [-0.2, 0) is 9.53 Å². The second kappa shape index (κ2) is 8.14. The van der Waals surface area contributed by atoms with Crippen molar-refractivity contribution in [2.24, 2.45) is 11.8 Å².